The van der Waals surface area contributed by atoms with Gasteiger partial charge >= 0.3 is 17.8 Å². The number of hydrogen-bond donors (Lipinski definition) is 1. The zero-order valence-corrected chi connectivity index (χ0v) is 20.2. The summed E-state index contributed by atoms with van der Waals surface area (Å²) < 4.78 is 66.0. The Bertz CT molecular complexity index is 1340. The fourth-order valence-corrected chi connectivity index (χ4v) is 4.24. The highest BCUT2D eigenvalue weighted by Gasteiger charge is 2.63. The van der Waals surface area contributed by atoms with Crippen LogP contribution in [0.2, 0.25) is 0 Å². The molecule has 9 nitrogen and oxygen atoms in total. The second-order valence-electron chi connectivity index (χ2n) is 8.70. The molecule has 12 heteroatoms. The van der Waals surface area contributed by atoms with Gasteiger partial charge in [-0.05, 0) is 11.1 Å². The Morgan fingerprint density at radius 3 is 2.16 bits per heavy atom. The fraction of sp³-hybridized carbons (Fsp3) is 0.346. The van der Waals surface area contributed by atoms with Gasteiger partial charge in [-0.25, -0.2) is 4.79 Å². The molecule has 4 atom stereocenters. The third-order valence-electron chi connectivity index (χ3n) is 5.81. The Balaban J connectivity index is 1.80. The van der Waals surface area contributed by atoms with Crippen LogP contribution in [0.3, 0.4) is 0 Å². The molecule has 1 aliphatic heterocycles. The molecule has 1 fully saturated rings. The first kappa shape index (κ1) is 27.3. The summed E-state index contributed by atoms with van der Waals surface area (Å²) in [6.07, 6.45) is -10.2. The van der Waals surface area contributed by atoms with Gasteiger partial charge in [0.25, 0.3) is 5.56 Å². The smallest absolute Gasteiger partial charge is 0.394 e. The van der Waals surface area contributed by atoms with Crippen molar-refractivity contribution in [1.82, 2.24) is 9.55 Å². The van der Waals surface area contributed by atoms with E-state index < -0.39 is 54.0 Å². The summed E-state index contributed by atoms with van der Waals surface area (Å²) in [7, 11) is 0. The third kappa shape index (κ3) is 6.57. The van der Waals surface area contributed by atoms with Crippen molar-refractivity contribution >= 4 is 5.97 Å². The van der Waals surface area contributed by atoms with Crippen LogP contribution in [0.4, 0.5) is 13.2 Å². The lowest BCUT2D eigenvalue weighted by molar-refractivity contribution is -0.319. The summed E-state index contributed by atoms with van der Waals surface area (Å²) in [5.74, 6) is -3.37. The molecule has 3 aromatic rings. The fourth-order valence-electron chi connectivity index (χ4n) is 4.24. The third-order valence-corrected chi connectivity index (χ3v) is 5.81. The number of benzene rings is 2. The Morgan fingerprint density at radius 2 is 1.61 bits per heavy atom. The number of aromatic nitrogens is 2. The maximum Gasteiger partial charge on any atom is 0.394 e. The number of hydrogen-bond acceptors (Lipinski definition) is 7. The predicted octanol–water partition coefficient (Wildman–Crippen LogP) is 3.45. The van der Waals surface area contributed by atoms with Crippen LogP contribution < -0.4 is 11.2 Å². The van der Waals surface area contributed by atoms with Gasteiger partial charge in [0.1, 0.15) is 6.42 Å². The van der Waals surface area contributed by atoms with Crippen molar-refractivity contribution in [2.24, 2.45) is 0 Å². The maximum atomic E-state index is 14.0. The van der Waals surface area contributed by atoms with Crippen LogP contribution in [-0.2, 0) is 37.0 Å². The molecule has 0 amide bonds. The van der Waals surface area contributed by atoms with Crippen LogP contribution in [0.25, 0.3) is 0 Å². The zero-order valence-electron chi connectivity index (χ0n) is 20.2. The van der Waals surface area contributed by atoms with E-state index in [4.69, 9.17) is 18.9 Å². The molecule has 2 heterocycles. The van der Waals surface area contributed by atoms with Crippen molar-refractivity contribution in [3.8, 4) is 0 Å². The molecule has 1 N–H and O–H groups in total. The highest BCUT2D eigenvalue weighted by atomic mass is 19.4. The van der Waals surface area contributed by atoms with E-state index in [1.165, 1.54) is 0 Å². The van der Waals surface area contributed by atoms with Gasteiger partial charge in [0.05, 0.1) is 13.2 Å². The molecule has 0 radical (unpaired) electrons. The first-order chi connectivity index (χ1) is 18.1. The summed E-state index contributed by atoms with van der Waals surface area (Å²) in [6.45, 7) is 0.589. The lowest BCUT2D eigenvalue weighted by Crippen LogP contribution is -2.50. The van der Waals surface area contributed by atoms with Crippen LogP contribution in [0.5, 0.6) is 0 Å². The van der Waals surface area contributed by atoms with E-state index >= 15 is 0 Å². The van der Waals surface area contributed by atoms with Gasteiger partial charge in [-0.2, -0.15) is 13.2 Å². The second-order valence-corrected chi connectivity index (χ2v) is 8.70. The van der Waals surface area contributed by atoms with Gasteiger partial charge in [-0.1, -0.05) is 60.7 Å². The van der Waals surface area contributed by atoms with Gasteiger partial charge in [0.15, 0.2) is 18.4 Å². The molecule has 0 unspecified atom stereocenters. The number of esters is 1. The largest absolute Gasteiger partial charge is 0.455 e. The van der Waals surface area contributed by atoms with Crippen molar-refractivity contribution in [3.05, 3.63) is 105 Å². The summed E-state index contributed by atoms with van der Waals surface area (Å²) in [5, 5.41) is 0. The number of carbonyl (C=O) groups is 1. The summed E-state index contributed by atoms with van der Waals surface area (Å²) in [6, 6.07) is 18.1. The average Bonchev–Trinajstić information content (AvgIpc) is 3.13. The molecule has 202 valence electrons. The van der Waals surface area contributed by atoms with Crippen molar-refractivity contribution in [3.63, 3.8) is 0 Å². The Kier molecular flexibility index (Phi) is 8.14. The highest BCUT2D eigenvalue weighted by Crippen LogP contribution is 2.47. The van der Waals surface area contributed by atoms with Crippen molar-refractivity contribution in [1.29, 1.82) is 0 Å². The number of carbonyl (C=O) groups excluding carboxylic acids is 1. The van der Waals surface area contributed by atoms with Crippen LogP contribution in [0.15, 0.2) is 82.5 Å². The first-order valence-electron chi connectivity index (χ1n) is 11.6. The van der Waals surface area contributed by atoms with E-state index in [1.54, 1.807) is 60.7 Å². The lowest BCUT2D eigenvalue weighted by atomic mass is 10.0. The number of alkyl halides is 3. The van der Waals surface area contributed by atoms with Gasteiger partial charge in [-0.3, -0.25) is 19.1 Å². The average molecular weight is 534 g/mol. The SMILES string of the molecule is CC(=O)O[C@H]1[C@H](n2ccc(=O)[nH]c2=O)O[C@](CC(F)(F)F)(OCc2ccccc2)[C@H]1OCc1ccccc1. The van der Waals surface area contributed by atoms with Gasteiger partial charge in [-0.15, -0.1) is 0 Å². The molecule has 1 aromatic heterocycles. The zero-order chi connectivity index (χ0) is 27.3. The molecule has 2 aromatic carbocycles. The van der Waals surface area contributed by atoms with Crippen LogP contribution >= 0.6 is 0 Å². The predicted molar refractivity (Wildman–Crippen MR) is 127 cm³/mol. The van der Waals surface area contributed by atoms with Crippen molar-refractivity contribution < 1.29 is 36.9 Å². The molecule has 0 saturated carbocycles. The standard InChI is InChI=1S/C26H25F3N2O7/c1-17(32)37-21-22(35-14-18-8-4-2-5-9-18)25(16-26(27,28)29,36-15-19-10-6-3-7-11-19)38-23(21)31-13-12-20(33)30-24(31)34/h2-13,21-23H,14-16H2,1H3,(H,30,33,34)/t21-,22+,23-,25+/m1/s1. The van der Waals surface area contributed by atoms with E-state index in [-0.39, 0.29) is 13.2 Å². The monoisotopic (exact) mass is 534 g/mol. The van der Waals surface area contributed by atoms with Gasteiger partial charge in [0.2, 0.25) is 5.79 Å². The van der Waals surface area contributed by atoms with E-state index in [1.807, 2.05) is 4.98 Å². The molecule has 0 spiro atoms. The van der Waals surface area contributed by atoms with Crippen molar-refractivity contribution in [2.75, 3.05) is 0 Å². The minimum Gasteiger partial charge on any atom is -0.455 e. The quantitative estimate of drug-likeness (QED) is 0.419. The first-order valence-corrected chi connectivity index (χ1v) is 11.6. The summed E-state index contributed by atoms with van der Waals surface area (Å²) in [5.41, 5.74) is -0.532. The normalized spacial score (nSPS) is 23.3. The van der Waals surface area contributed by atoms with Crippen LogP contribution in [0, 0.1) is 0 Å². The Morgan fingerprint density at radius 1 is 1.00 bits per heavy atom. The van der Waals surface area contributed by atoms with E-state index in [0.29, 0.717) is 11.1 Å². The summed E-state index contributed by atoms with van der Waals surface area (Å²) in [4.78, 5) is 38.3. The number of H-pyrrole nitrogens is 1. The second kappa shape index (κ2) is 11.3. The maximum absolute atomic E-state index is 14.0. The molecular formula is C26H25F3N2O7. The lowest BCUT2D eigenvalue weighted by Gasteiger charge is -2.35. The van der Waals surface area contributed by atoms with Crippen molar-refractivity contribution in [2.45, 2.75) is 57.0 Å². The highest BCUT2D eigenvalue weighted by molar-refractivity contribution is 5.66. The molecule has 1 saturated heterocycles. The molecule has 38 heavy (non-hydrogen) atoms. The van der Waals surface area contributed by atoms with Gasteiger partial charge < -0.3 is 18.9 Å². The minimum atomic E-state index is -4.81. The van der Waals surface area contributed by atoms with Crippen LogP contribution in [0.1, 0.15) is 30.7 Å². The molecule has 1 aliphatic rings. The summed E-state index contributed by atoms with van der Waals surface area (Å²) >= 11 is 0. The number of halogens is 3. The van der Waals surface area contributed by atoms with E-state index in [9.17, 15) is 27.6 Å². The van der Waals surface area contributed by atoms with Crippen LogP contribution in [-0.4, -0.2) is 39.7 Å². The number of nitrogens with one attached hydrogen (secondary N) is 1. The number of aromatic amines is 1. The Labute approximate surface area is 214 Å². The Hall–Kier alpha value is -3.74. The molecule has 0 bridgehead atoms. The molecule has 4 rings (SSSR count). The number of rotatable bonds is 9. The minimum absolute atomic E-state index is 0.172. The van der Waals surface area contributed by atoms with E-state index in [0.717, 1.165) is 23.8 Å². The topological polar surface area (TPSA) is 109 Å². The molecule has 0 aliphatic carbocycles. The van der Waals surface area contributed by atoms with E-state index in [2.05, 4.69) is 0 Å². The van der Waals surface area contributed by atoms with Gasteiger partial charge in [0, 0.05) is 19.2 Å². The number of ether oxygens (including phenoxy) is 4. The number of nitrogens with zero attached hydrogens (tertiary/aromatic N) is 1. The molecular weight excluding hydrogens is 509 g/mol.